The summed E-state index contributed by atoms with van der Waals surface area (Å²) in [7, 11) is 0. The van der Waals surface area contributed by atoms with Crippen molar-refractivity contribution in [3.05, 3.63) is 42.5 Å². The Hall–Kier alpha value is -1.29. The van der Waals surface area contributed by atoms with Crippen LogP contribution in [0.25, 0.3) is 10.8 Å². The highest BCUT2D eigenvalue weighted by atomic mass is 35.5. The summed E-state index contributed by atoms with van der Waals surface area (Å²) >= 11 is 0. The molecule has 0 aliphatic carbocycles. The van der Waals surface area contributed by atoms with E-state index in [1.165, 1.54) is 0 Å². The molecule has 2 aromatic carbocycles. The lowest BCUT2D eigenvalue weighted by Crippen LogP contribution is -2.35. The van der Waals surface area contributed by atoms with Crippen LogP contribution in [0.15, 0.2) is 42.5 Å². The molecule has 0 fully saturated rings. The van der Waals surface area contributed by atoms with Crippen LogP contribution in [0, 0.1) is 0 Å². The molecule has 20 heavy (non-hydrogen) atoms. The van der Waals surface area contributed by atoms with Gasteiger partial charge in [-0.25, -0.2) is 0 Å². The Kier molecular flexibility index (Phi) is 3.60. The molecule has 110 valence electrons. The third-order valence-electron chi connectivity index (χ3n) is 2.70. The van der Waals surface area contributed by atoms with Crippen molar-refractivity contribution in [2.24, 2.45) is 0 Å². The molecular formula is C16H22ClNO2. The molecule has 0 aliphatic rings. The SMILES string of the molecule is Cl.[2H]C([2H])([2H])C([2H])(NC[C@H](O)COc1cccc2ccccc12)C([2H])([2H])[2H]. The molecule has 0 bridgehead atoms. The Labute approximate surface area is 136 Å². The van der Waals surface area contributed by atoms with Crippen molar-refractivity contribution in [1.82, 2.24) is 5.32 Å². The van der Waals surface area contributed by atoms with Crippen LogP contribution in [0.5, 0.6) is 5.75 Å². The topological polar surface area (TPSA) is 41.5 Å². The maximum Gasteiger partial charge on any atom is 0.127 e. The lowest BCUT2D eigenvalue weighted by Gasteiger charge is -2.15. The minimum absolute atomic E-state index is 0. The first-order chi connectivity index (χ1) is 12.0. The third-order valence-corrected chi connectivity index (χ3v) is 2.70. The van der Waals surface area contributed by atoms with Gasteiger partial charge < -0.3 is 15.2 Å². The Bertz CT molecular complexity index is 732. The Morgan fingerprint density at radius 3 is 2.80 bits per heavy atom. The van der Waals surface area contributed by atoms with Gasteiger partial charge in [0.2, 0.25) is 0 Å². The first-order valence-electron chi connectivity index (χ1n) is 9.49. The zero-order chi connectivity index (χ0) is 19.6. The van der Waals surface area contributed by atoms with E-state index in [0.717, 1.165) is 10.8 Å². The first kappa shape index (κ1) is 8.88. The number of hydrogen-bond donors (Lipinski definition) is 2. The Morgan fingerprint density at radius 2 is 2.00 bits per heavy atom. The molecule has 1 atom stereocenters. The number of aliphatic hydroxyl groups is 1. The van der Waals surface area contributed by atoms with Gasteiger partial charge in [-0.3, -0.25) is 0 Å². The zero-order valence-electron chi connectivity index (χ0n) is 17.8. The monoisotopic (exact) mass is 302 g/mol. The van der Waals surface area contributed by atoms with Crippen LogP contribution in [0.4, 0.5) is 0 Å². The lowest BCUT2D eigenvalue weighted by atomic mass is 10.1. The summed E-state index contributed by atoms with van der Waals surface area (Å²) in [5, 5.41) is 14.0. The van der Waals surface area contributed by atoms with E-state index in [-0.39, 0.29) is 19.0 Å². The largest absolute Gasteiger partial charge is 0.490 e. The number of halogens is 1. The van der Waals surface area contributed by atoms with Crippen LogP contribution in [-0.4, -0.2) is 30.4 Å². The molecule has 0 radical (unpaired) electrons. The van der Waals surface area contributed by atoms with Crippen molar-refractivity contribution >= 4 is 23.2 Å². The van der Waals surface area contributed by atoms with Crippen molar-refractivity contribution < 1.29 is 19.4 Å². The van der Waals surface area contributed by atoms with E-state index >= 15 is 0 Å². The summed E-state index contributed by atoms with van der Waals surface area (Å²) in [5.41, 5.74) is 0. The van der Waals surface area contributed by atoms with Gasteiger partial charge in [0.25, 0.3) is 0 Å². The molecule has 0 unspecified atom stereocenters. The van der Waals surface area contributed by atoms with Gasteiger partial charge in [0.1, 0.15) is 18.5 Å². The van der Waals surface area contributed by atoms with Crippen LogP contribution >= 0.6 is 12.4 Å². The maximum atomic E-state index is 10.0. The summed E-state index contributed by atoms with van der Waals surface area (Å²) in [6.45, 7) is -6.77. The predicted octanol–water partition coefficient (Wildman–Crippen LogP) is 3.00. The van der Waals surface area contributed by atoms with Crippen LogP contribution in [-0.2, 0) is 0 Å². The smallest absolute Gasteiger partial charge is 0.127 e. The molecule has 0 spiro atoms. The summed E-state index contributed by atoms with van der Waals surface area (Å²) in [6, 6.07) is 10.1. The van der Waals surface area contributed by atoms with Gasteiger partial charge >= 0.3 is 0 Å². The van der Waals surface area contributed by atoms with E-state index in [1.54, 1.807) is 12.1 Å². The van der Waals surface area contributed by atoms with Crippen molar-refractivity contribution in [1.29, 1.82) is 0 Å². The lowest BCUT2D eigenvalue weighted by molar-refractivity contribution is 0.105. The number of rotatable bonds is 6. The fourth-order valence-corrected chi connectivity index (χ4v) is 1.79. The van der Waals surface area contributed by atoms with E-state index in [4.69, 9.17) is 14.3 Å². The molecule has 2 rings (SSSR count). The Balaban J connectivity index is 0.00000364. The molecule has 4 heteroatoms. The minimum atomic E-state index is -3.09. The summed E-state index contributed by atoms with van der Waals surface area (Å²) in [6.07, 6.45) is -1.19. The van der Waals surface area contributed by atoms with Gasteiger partial charge in [0.15, 0.2) is 0 Å². The average molecular weight is 303 g/mol. The molecule has 0 aromatic heterocycles. The number of ether oxygens (including phenoxy) is 1. The number of hydrogen-bond acceptors (Lipinski definition) is 3. The van der Waals surface area contributed by atoms with E-state index in [1.807, 2.05) is 30.3 Å². The molecule has 2 N–H and O–H groups in total. The van der Waals surface area contributed by atoms with E-state index in [2.05, 4.69) is 5.32 Å². The number of benzene rings is 2. The van der Waals surface area contributed by atoms with E-state index < -0.39 is 32.4 Å². The van der Waals surface area contributed by atoms with Gasteiger partial charge in [-0.1, -0.05) is 50.1 Å². The molecule has 0 saturated carbocycles. The highest BCUT2D eigenvalue weighted by Gasteiger charge is 2.07. The quantitative estimate of drug-likeness (QED) is 0.862. The van der Waals surface area contributed by atoms with Crippen molar-refractivity contribution in [3.63, 3.8) is 0 Å². The highest BCUT2D eigenvalue weighted by Crippen LogP contribution is 2.25. The molecule has 0 saturated heterocycles. The fraction of sp³-hybridized carbons (Fsp3) is 0.375. The maximum absolute atomic E-state index is 10.0. The standard InChI is InChI=1S/C16H21NO2.ClH/c1-12(2)17-10-14(18)11-19-16-9-5-7-13-6-3-4-8-15(13)16;/h3-9,12,14,17-18H,10-11H2,1-2H3;1H/t14-;/m0./s1/i1D3,2D3,12D;. The molecule has 0 aliphatic heterocycles. The van der Waals surface area contributed by atoms with Gasteiger partial charge in [0, 0.05) is 27.5 Å². The summed E-state index contributed by atoms with van der Waals surface area (Å²) in [5.74, 6) is 0.547. The number of aliphatic hydroxyl groups excluding tert-OH is 1. The predicted molar refractivity (Wildman–Crippen MR) is 85.8 cm³/mol. The van der Waals surface area contributed by atoms with Crippen LogP contribution < -0.4 is 10.1 Å². The second-order valence-electron chi connectivity index (χ2n) is 4.20. The van der Waals surface area contributed by atoms with Crippen molar-refractivity contribution in [2.45, 2.75) is 25.8 Å². The molecule has 3 nitrogen and oxygen atoms in total. The molecular weight excluding hydrogens is 274 g/mol. The summed E-state index contributed by atoms with van der Waals surface area (Å²) < 4.78 is 57.4. The highest BCUT2D eigenvalue weighted by molar-refractivity contribution is 5.88. The minimum Gasteiger partial charge on any atom is -0.490 e. The zero-order valence-corrected chi connectivity index (χ0v) is 11.6. The van der Waals surface area contributed by atoms with Gasteiger partial charge in [-0.2, -0.15) is 0 Å². The van der Waals surface area contributed by atoms with E-state index in [9.17, 15) is 5.11 Å². The fourth-order valence-electron chi connectivity index (χ4n) is 1.79. The van der Waals surface area contributed by atoms with Gasteiger partial charge in [-0.05, 0) is 11.5 Å². The van der Waals surface area contributed by atoms with Crippen LogP contribution in [0.2, 0.25) is 0 Å². The Morgan fingerprint density at radius 1 is 1.25 bits per heavy atom. The summed E-state index contributed by atoms with van der Waals surface area (Å²) in [4.78, 5) is 0. The first-order valence-corrected chi connectivity index (χ1v) is 5.99. The molecule has 2 aromatic rings. The second kappa shape index (κ2) is 8.10. The van der Waals surface area contributed by atoms with Gasteiger partial charge in [-0.15, -0.1) is 12.4 Å². The average Bonchev–Trinajstić information content (AvgIpc) is 2.55. The molecule has 0 heterocycles. The van der Waals surface area contributed by atoms with Crippen molar-refractivity contribution in [3.8, 4) is 5.75 Å². The van der Waals surface area contributed by atoms with Crippen LogP contribution in [0.3, 0.4) is 0 Å². The normalized spacial score (nSPS) is 19.1. The number of fused-ring (bicyclic) bond motifs is 1. The number of nitrogens with one attached hydrogen (secondary N) is 1. The second-order valence-corrected chi connectivity index (χ2v) is 4.20. The third kappa shape index (κ3) is 4.67. The van der Waals surface area contributed by atoms with Crippen molar-refractivity contribution in [2.75, 3.05) is 13.2 Å². The van der Waals surface area contributed by atoms with Gasteiger partial charge in [0.05, 0.1) is 0 Å². The molecule has 0 amide bonds. The van der Waals surface area contributed by atoms with Crippen LogP contribution in [0.1, 0.15) is 23.3 Å². The van der Waals surface area contributed by atoms with E-state index in [0.29, 0.717) is 5.75 Å².